The topological polar surface area (TPSA) is 109 Å². The summed E-state index contributed by atoms with van der Waals surface area (Å²) in [6, 6.07) is 12.0. The molecule has 1 N–H and O–H groups in total. The number of rotatable bonds is 5. The summed E-state index contributed by atoms with van der Waals surface area (Å²) in [5, 5.41) is 22.5. The summed E-state index contributed by atoms with van der Waals surface area (Å²) in [6.07, 6.45) is 2.27. The third-order valence-electron chi connectivity index (χ3n) is 3.01. The largest absolute Gasteiger partial charge is 0.347 e. The summed E-state index contributed by atoms with van der Waals surface area (Å²) in [7, 11) is 0. The van der Waals surface area contributed by atoms with Crippen molar-refractivity contribution in [3.8, 4) is 6.07 Å². The Morgan fingerprint density at radius 3 is 2.75 bits per heavy atom. The predicted molar refractivity (Wildman–Crippen MR) is 87.8 cm³/mol. The van der Waals surface area contributed by atoms with Crippen molar-refractivity contribution in [2.45, 2.75) is 6.54 Å². The second-order valence-corrected chi connectivity index (χ2v) is 5.06. The van der Waals surface area contributed by atoms with Crippen LogP contribution < -0.4 is 5.32 Å². The van der Waals surface area contributed by atoms with Gasteiger partial charge in [0, 0.05) is 12.6 Å². The summed E-state index contributed by atoms with van der Waals surface area (Å²) in [6.45, 7) is 0.257. The number of nitrogens with one attached hydrogen (secondary N) is 1. The van der Waals surface area contributed by atoms with Crippen LogP contribution >= 0.6 is 11.6 Å². The zero-order chi connectivity index (χ0) is 17.5. The molecule has 0 aliphatic rings. The minimum atomic E-state index is -0.664. The third-order valence-corrected chi connectivity index (χ3v) is 3.30. The van der Waals surface area contributed by atoms with Crippen molar-refractivity contribution in [3.63, 3.8) is 0 Å². The van der Waals surface area contributed by atoms with Crippen LogP contribution in [0.4, 0.5) is 5.69 Å². The molecular formula is C16H11ClN4O3. The van der Waals surface area contributed by atoms with Crippen molar-refractivity contribution >= 4 is 29.3 Å². The van der Waals surface area contributed by atoms with Gasteiger partial charge in [-0.1, -0.05) is 41.9 Å². The number of hydrogen-bond acceptors (Lipinski definition) is 5. The zero-order valence-electron chi connectivity index (χ0n) is 12.3. The van der Waals surface area contributed by atoms with E-state index in [0.29, 0.717) is 0 Å². The lowest BCUT2D eigenvalue weighted by Gasteiger charge is -2.04. The highest BCUT2D eigenvalue weighted by molar-refractivity contribution is 6.32. The van der Waals surface area contributed by atoms with Gasteiger partial charge in [0.2, 0.25) is 0 Å². The summed E-state index contributed by atoms with van der Waals surface area (Å²) >= 11 is 5.67. The number of pyridine rings is 1. The van der Waals surface area contributed by atoms with E-state index >= 15 is 0 Å². The molecule has 0 aliphatic carbocycles. The molecule has 0 bridgehead atoms. The van der Waals surface area contributed by atoms with Gasteiger partial charge in [0.1, 0.15) is 16.7 Å². The van der Waals surface area contributed by atoms with Gasteiger partial charge in [-0.15, -0.1) is 0 Å². The van der Waals surface area contributed by atoms with E-state index < -0.39 is 10.8 Å². The molecule has 8 heteroatoms. The molecule has 0 spiro atoms. The van der Waals surface area contributed by atoms with Crippen LogP contribution in [0, 0.1) is 21.4 Å². The molecule has 24 heavy (non-hydrogen) atoms. The second kappa shape index (κ2) is 7.85. The summed E-state index contributed by atoms with van der Waals surface area (Å²) in [5.41, 5.74) is 0.413. The number of aromatic nitrogens is 1. The second-order valence-electron chi connectivity index (χ2n) is 4.66. The lowest BCUT2D eigenvalue weighted by Crippen LogP contribution is -2.23. The van der Waals surface area contributed by atoms with Crippen molar-refractivity contribution in [3.05, 3.63) is 74.6 Å². The van der Waals surface area contributed by atoms with E-state index in [2.05, 4.69) is 10.3 Å². The Hall–Kier alpha value is -3.24. The van der Waals surface area contributed by atoms with Crippen LogP contribution in [0.25, 0.3) is 6.08 Å². The molecule has 0 unspecified atom stereocenters. The standard InChI is InChI=1S/C16H11ClN4O3/c17-14-10-19-13(7-15(14)21(23)24)6-12(8-18)16(22)20-9-11-4-2-1-3-5-11/h1-7,10H,9H2,(H,20,22)/b12-6+. The normalized spacial score (nSPS) is 10.8. The maximum Gasteiger partial charge on any atom is 0.291 e. The molecule has 2 aromatic rings. The Balaban J connectivity index is 2.17. The van der Waals surface area contributed by atoms with Crippen molar-refractivity contribution in [1.82, 2.24) is 10.3 Å². The molecule has 2 rings (SSSR count). The minimum absolute atomic E-state index is 0.0949. The van der Waals surface area contributed by atoms with Gasteiger partial charge in [0.15, 0.2) is 0 Å². The average molecular weight is 343 g/mol. The fraction of sp³-hybridized carbons (Fsp3) is 0.0625. The maximum absolute atomic E-state index is 12.0. The van der Waals surface area contributed by atoms with Gasteiger partial charge < -0.3 is 5.32 Å². The van der Waals surface area contributed by atoms with Crippen molar-refractivity contribution < 1.29 is 9.72 Å². The molecule has 7 nitrogen and oxygen atoms in total. The Bertz CT molecular complexity index is 844. The van der Waals surface area contributed by atoms with Crippen LogP contribution in [-0.4, -0.2) is 15.8 Å². The van der Waals surface area contributed by atoms with E-state index in [9.17, 15) is 14.9 Å². The number of hydrogen-bond donors (Lipinski definition) is 1. The number of nitrogens with zero attached hydrogens (tertiary/aromatic N) is 3. The fourth-order valence-corrected chi connectivity index (χ4v) is 2.00. The summed E-state index contributed by atoms with van der Waals surface area (Å²) < 4.78 is 0. The predicted octanol–water partition coefficient (Wildman–Crippen LogP) is 2.87. The van der Waals surface area contributed by atoms with E-state index in [4.69, 9.17) is 16.9 Å². The van der Waals surface area contributed by atoms with Crippen LogP contribution in [0.5, 0.6) is 0 Å². The van der Waals surface area contributed by atoms with Crippen molar-refractivity contribution in [1.29, 1.82) is 5.26 Å². The molecule has 0 fully saturated rings. The number of halogens is 1. The van der Waals surface area contributed by atoms with E-state index in [-0.39, 0.29) is 28.5 Å². The van der Waals surface area contributed by atoms with Crippen LogP contribution in [0.3, 0.4) is 0 Å². The first-order valence-corrected chi connectivity index (χ1v) is 7.13. The number of nitro groups is 1. The van der Waals surface area contributed by atoms with E-state index in [1.807, 2.05) is 30.3 Å². The van der Waals surface area contributed by atoms with Crippen LogP contribution in [0.15, 0.2) is 48.2 Å². The SMILES string of the molecule is N#C/C(=C\c1cc([N+](=O)[O-])c(Cl)cn1)C(=O)NCc1ccccc1. The first kappa shape index (κ1) is 17.1. The van der Waals surface area contributed by atoms with Crippen LogP contribution in [0.1, 0.15) is 11.3 Å². The van der Waals surface area contributed by atoms with Gasteiger partial charge in [-0.2, -0.15) is 5.26 Å². The maximum atomic E-state index is 12.0. The van der Waals surface area contributed by atoms with Gasteiger partial charge in [0.25, 0.3) is 11.6 Å². The number of amides is 1. The lowest BCUT2D eigenvalue weighted by atomic mass is 10.2. The highest BCUT2D eigenvalue weighted by Gasteiger charge is 2.15. The highest BCUT2D eigenvalue weighted by atomic mass is 35.5. The zero-order valence-corrected chi connectivity index (χ0v) is 13.0. The fourth-order valence-electron chi connectivity index (χ4n) is 1.83. The quantitative estimate of drug-likeness (QED) is 0.389. The van der Waals surface area contributed by atoms with Crippen molar-refractivity contribution in [2.24, 2.45) is 0 Å². The number of nitriles is 1. The average Bonchev–Trinajstić information content (AvgIpc) is 2.59. The molecule has 0 atom stereocenters. The van der Waals surface area contributed by atoms with E-state index in [0.717, 1.165) is 17.8 Å². The Morgan fingerprint density at radius 2 is 2.12 bits per heavy atom. The molecule has 1 aromatic carbocycles. The molecule has 0 saturated carbocycles. The molecule has 0 aliphatic heterocycles. The van der Waals surface area contributed by atoms with E-state index in [1.165, 1.54) is 6.08 Å². The van der Waals surface area contributed by atoms with E-state index in [1.54, 1.807) is 6.07 Å². The van der Waals surface area contributed by atoms with Gasteiger partial charge in [-0.05, 0) is 11.6 Å². The number of benzene rings is 1. The van der Waals surface area contributed by atoms with Gasteiger partial charge in [-0.25, -0.2) is 0 Å². The summed E-state index contributed by atoms with van der Waals surface area (Å²) in [4.78, 5) is 26.1. The smallest absolute Gasteiger partial charge is 0.291 e. The van der Waals surface area contributed by atoms with Crippen LogP contribution in [0.2, 0.25) is 5.02 Å². The third kappa shape index (κ3) is 4.38. The first-order chi connectivity index (χ1) is 11.5. The molecule has 1 aromatic heterocycles. The molecular weight excluding hydrogens is 332 g/mol. The Labute approximate surface area is 142 Å². The Morgan fingerprint density at radius 1 is 1.42 bits per heavy atom. The molecule has 0 saturated heterocycles. The number of carbonyl (C=O) groups excluding carboxylic acids is 1. The monoisotopic (exact) mass is 342 g/mol. The first-order valence-electron chi connectivity index (χ1n) is 6.75. The molecule has 120 valence electrons. The highest BCUT2D eigenvalue weighted by Crippen LogP contribution is 2.24. The van der Waals surface area contributed by atoms with Crippen LogP contribution in [-0.2, 0) is 11.3 Å². The lowest BCUT2D eigenvalue weighted by molar-refractivity contribution is -0.384. The van der Waals surface area contributed by atoms with Gasteiger partial charge in [-0.3, -0.25) is 19.9 Å². The Kier molecular flexibility index (Phi) is 5.60. The molecule has 0 radical (unpaired) electrons. The minimum Gasteiger partial charge on any atom is -0.347 e. The van der Waals surface area contributed by atoms with Crippen molar-refractivity contribution in [2.75, 3.05) is 0 Å². The number of carbonyl (C=O) groups is 1. The molecule has 1 heterocycles. The van der Waals surface area contributed by atoms with Gasteiger partial charge in [0.05, 0.1) is 16.8 Å². The van der Waals surface area contributed by atoms with Gasteiger partial charge >= 0.3 is 0 Å². The molecule has 1 amide bonds. The summed E-state index contributed by atoms with van der Waals surface area (Å²) in [5.74, 6) is -0.597.